The molecule has 1 aromatic rings. The third kappa shape index (κ3) is 3.09. The molecule has 4 aliphatic carbocycles. The molecule has 4 fully saturated rings. The number of alkyl halides is 2. The molecule has 0 radical (unpaired) electrons. The Hall–Kier alpha value is -1.10. The van der Waals surface area contributed by atoms with Gasteiger partial charge in [-0.25, -0.2) is 4.79 Å². The van der Waals surface area contributed by atoms with E-state index in [9.17, 15) is 13.6 Å². The van der Waals surface area contributed by atoms with Gasteiger partial charge in [0.05, 0.1) is 6.61 Å². The van der Waals surface area contributed by atoms with Gasteiger partial charge in [0.1, 0.15) is 0 Å². The third-order valence-corrected chi connectivity index (χ3v) is 6.78. The molecule has 2 unspecified atom stereocenters. The number of benzene rings is 1. The zero-order valence-corrected chi connectivity index (χ0v) is 15.3. The van der Waals surface area contributed by atoms with Crippen LogP contribution in [-0.4, -0.2) is 17.8 Å². The first-order chi connectivity index (χ1) is 11.7. The molecular formula is C20H24F2O2S. The van der Waals surface area contributed by atoms with Crippen molar-refractivity contribution in [2.24, 2.45) is 17.3 Å². The van der Waals surface area contributed by atoms with Crippen molar-refractivity contribution in [3.63, 3.8) is 0 Å². The summed E-state index contributed by atoms with van der Waals surface area (Å²) in [5, 5.41) is -3.71. The van der Waals surface area contributed by atoms with Crippen LogP contribution in [-0.2, 0) is 14.9 Å². The molecule has 4 bridgehead atoms. The van der Waals surface area contributed by atoms with E-state index >= 15 is 0 Å². The SMILES string of the molecule is Cc1ccc(C23CC4CC(CC(COC(=O)C(F)(F)S)(C4)C2)C3)cc1. The average Bonchev–Trinajstić information content (AvgIpc) is 2.51. The number of carbonyl (C=O) groups is 1. The van der Waals surface area contributed by atoms with Crippen molar-refractivity contribution in [2.75, 3.05) is 6.61 Å². The van der Waals surface area contributed by atoms with Gasteiger partial charge in [-0.3, -0.25) is 0 Å². The predicted molar refractivity (Wildman–Crippen MR) is 94.9 cm³/mol. The first-order valence-corrected chi connectivity index (χ1v) is 9.49. The van der Waals surface area contributed by atoms with Gasteiger partial charge in [-0.05, 0) is 68.3 Å². The molecule has 2 atom stereocenters. The highest BCUT2D eigenvalue weighted by Crippen LogP contribution is 2.65. The Morgan fingerprint density at radius 3 is 2.36 bits per heavy atom. The number of esters is 1. The van der Waals surface area contributed by atoms with Gasteiger partial charge in [-0.15, -0.1) is 0 Å². The molecule has 5 rings (SSSR count). The Morgan fingerprint density at radius 2 is 1.80 bits per heavy atom. The molecule has 1 aromatic carbocycles. The van der Waals surface area contributed by atoms with E-state index in [1.807, 2.05) is 0 Å². The quantitative estimate of drug-likeness (QED) is 0.606. The first-order valence-electron chi connectivity index (χ1n) is 9.04. The van der Waals surface area contributed by atoms with Crippen LogP contribution in [0.1, 0.15) is 49.7 Å². The van der Waals surface area contributed by atoms with Crippen LogP contribution in [0.5, 0.6) is 0 Å². The lowest BCUT2D eigenvalue weighted by molar-refractivity contribution is -0.172. The minimum Gasteiger partial charge on any atom is -0.460 e. The fourth-order valence-electron chi connectivity index (χ4n) is 6.17. The third-order valence-electron chi connectivity index (χ3n) is 6.60. The summed E-state index contributed by atoms with van der Waals surface area (Å²) >= 11 is 3.04. The van der Waals surface area contributed by atoms with Crippen LogP contribution in [0.2, 0.25) is 0 Å². The molecule has 4 saturated carbocycles. The molecule has 136 valence electrons. The second-order valence-corrected chi connectivity index (χ2v) is 9.29. The number of halogens is 2. The number of carbonyl (C=O) groups excluding carboxylic acids is 1. The van der Waals surface area contributed by atoms with Crippen LogP contribution in [0.25, 0.3) is 0 Å². The minimum absolute atomic E-state index is 0.0998. The summed E-state index contributed by atoms with van der Waals surface area (Å²) in [4.78, 5) is 11.5. The highest BCUT2D eigenvalue weighted by atomic mass is 32.1. The van der Waals surface area contributed by atoms with Crippen molar-refractivity contribution >= 4 is 18.6 Å². The lowest BCUT2D eigenvalue weighted by Gasteiger charge is -2.62. The Balaban J connectivity index is 1.59. The van der Waals surface area contributed by atoms with Crippen molar-refractivity contribution in [1.82, 2.24) is 0 Å². The van der Waals surface area contributed by atoms with E-state index in [4.69, 9.17) is 4.74 Å². The Morgan fingerprint density at radius 1 is 1.20 bits per heavy atom. The topological polar surface area (TPSA) is 26.3 Å². The van der Waals surface area contributed by atoms with E-state index in [1.165, 1.54) is 30.4 Å². The van der Waals surface area contributed by atoms with Crippen molar-refractivity contribution in [1.29, 1.82) is 0 Å². The predicted octanol–water partition coefficient (Wildman–Crippen LogP) is 4.90. The smallest absolute Gasteiger partial charge is 0.388 e. The van der Waals surface area contributed by atoms with Crippen LogP contribution in [0, 0.1) is 24.2 Å². The average molecular weight is 366 g/mol. The van der Waals surface area contributed by atoms with E-state index in [2.05, 4.69) is 43.8 Å². The van der Waals surface area contributed by atoms with Gasteiger partial charge >= 0.3 is 11.2 Å². The molecule has 0 spiro atoms. The summed E-state index contributed by atoms with van der Waals surface area (Å²) in [5.41, 5.74) is 2.58. The monoisotopic (exact) mass is 366 g/mol. The fourth-order valence-corrected chi connectivity index (χ4v) is 6.24. The van der Waals surface area contributed by atoms with Gasteiger partial charge < -0.3 is 4.74 Å². The molecule has 0 aromatic heterocycles. The second-order valence-electron chi connectivity index (χ2n) is 8.72. The minimum atomic E-state index is -3.71. The Kier molecular flexibility index (Phi) is 3.95. The molecule has 4 aliphatic rings. The Bertz CT molecular complexity index is 666. The van der Waals surface area contributed by atoms with E-state index in [-0.39, 0.29) is 17.4 Å². The summed E-state index contributed by atoms with van der Waals surface area (Å²) in [6, 6.07) is 8.76. The number of aryl methyl sites for hydroxylation is 1. The lowest BCUT2D eigenvalue weighted by Crippen LogP contribution is -2.55. The van der Waals surface area contributed by atoms with Crippen LogP contribution in [0.15, 0.2) is 24.3 Å². The molecule has 5 heteroatoms. The van der Waals surface area contributed by atoms with Gasteiger partial charge in [0.2, 0.25) is 0 Å². The van der Waals surface area contributed by atoms with Crippen LogP contribution in [0.3, 0.4) is 0 Å². The van der Waals surface area contributed by atoms with Crippen molar-refractivity contribution < 1.29 is 18.3 Å². The highest BCUT2D eigenvalue weighted by Gasteiger charge is 2.58. The van der Waals surface area contributed by atoms with E-state index in [0.29, 0.717) is 11.8 Å². The zero-order valence-electron chi connectivity index (χ0n) is 14.4. The van der Waals surface area contributed by atoms with Gasteiger partial charge in [-0.2, -0.15) is 8.78 Å². The maximum absolute atomic E-state index is 13.0. The molecule has 25 heavy (non-hydrogen) atoms. The number of hydrogen-bond acceptors (Lipinski definition) is 3. The molecule has 0 saturated heterocycles. The van der Waals surface area contributed by atoms with Crippen molar-refractivity contribution in [2.45, 2.75) is 56.1 Å². The van der Waals surface area contributed by atoms with Gasteiger partial charge in [-0.1, -0.05) is 42.5 Å². The maximum Gasteiger partial charge on any atom is 0.388 e. The largest absolute Gasteiger partial charge is 0.460 e. The molecule has 0 aliphatic heterocycles. The van der Waals surface area contributed by atoms with Gasteiger partial charge in [0.25, 0.3) is 0 Å². The normalized spacial score (nSPS) is 36.5. The summed E-state index contributed by atoms with van der Waals surface area (Å²) in [5.74, 6) is -0.300. The van der Waals surface area contributed by atoms with E-state index in [1.54, 1.807) is 0 Å². The molecule has 0 amide bonds. The van der Waals surface area contributed by atoms with Gasteiger partial charge in [0.15, 0.2) is 0 Å². The van der Waals surface area contributed by atoms with E-state index in [0.717, 1.165) is 19.3 Å². The Labute approximate surface area is 152 Å². The summed E-state index contributed by atoms with van der Waals surface area (Å²) < 4.78 is 31.1. The number of hydrogen-bond donors (Lipinski definition) is 1. The summed E-state index contributed by atoms with van der Waals surface area (Å²) in [6.07, 6.45) is 6.48. The van der Waals surface area contributed by atoms with Crippen molar-refractivity contribution in [3.8, 4) is 0 Å². The zero-order chi connectivity index (χ0) is 17.9. The maximum atomic E-state index is 13.0. The number of ether oxygens (including phenoxy) is 1. The first kappa shape index (κ1) is 17.3. The standard InChI is InChI=1S/C20H24F2O2S/c1-13-2-4-16(5-3-13)19-9-14-6-15(10-19)8-18(7-14,11-19)12-24-17(23)20(21,22)25/h2-5,14-15,25H,6-12H2,1H3. The lowest BCUT2D eigenvalue weighted by atomic mass is 9.43. The number of rotatable bonds is 4. The molecule has 0 heterocycles. The number of thiol groups is 1. The molecule has 0 N–H and O–H groups in total. The van der Waals surface area contributed by atoms with E-state index < -0.39 is 11.2 Å². The summed E-state index contributed by atoms with van der Waals surface area (Å²) in [7, 11) is 0. The van der Waals surface area contributed by atoms with Crippen LogP contribution < -0.4 is 0 Å². The second kappa shape index (κ2) is 5.70. The molecular weight excluding hydrogens is 342 g/mol. The van der Waals surface area contributed by atoms with Crippen LogP contribution in [0.4, 0.5) is 8.78 Å². The van der Waals surface area contributed by atoms with Gasteiger partial charge in [0, 0.05) is 5.41 Å². The van der Waals surface area contributed by atoms with Crippen LogP contribution >= 0.6 is 12.6 Å². The molecule has 2 nitrogen and oxygen atoms in total. The highest BCUT2D eigenvalue weighted by molar-refractivity contribution is 7.82. The fraction of sp³-hybridized carbons (Fsp3) is 0.650. The summed E-state index contributed by atoms with van der Waals surface area (Å²) in [6.45, 7) is 2.19. The van der Waals surface area contributed by atoms with Crippen molar-refractivity contribution in [3.05, 3.63) is 35.4 Å².